The van der Waals surface area contributed by atoms with E-state index in [1.807, 2.05) is 0 Å². The van der Waals surface area contributed by atoms with Gasteiger partial charge in [0, 0.05) is 38.3 Å². The van der Waals surface area contributed by atoms with Crippen LogP contribution in [0.4, 0.5) is 5.69 Å². The minimum Gasteiger partial charge on any atom is -0.482 e. The minimum atomic E-state index is -3.72. The number of rotatable bonds is 12. The zero-order chi connectivity index (χ0) is 26.3. The van der Waals surface area contributed by atoms with E-state index in [1.54, 1.807) is 19.9 Å². The van der Waals surface area contributed by atoms with E-state index in [2.05, 4.69) is 24.1 Å². The molecule has 0 bridgehead atoms. The number of carbonyl (C=O) groups is 2. The molecule has 1 aliphatic heterocycles. The highest BCUT2D eigenvalue weighted by atomic mass is 32.2. The van der Waals surface area contributed by atoms with Crippen LogP contribution in [-0.2, 0) is 19.6 Å². The van der Waals surface area contributed by atoms with Crippen LogP contribution in [0.25, 0.3) is 0 Å². The van der Waals surface area contributed by atoms with E-state index in [0.717, 1.165) is 13.0 Å². The standard InChI is InChI=1S/C26H42N4O5S/c1-5-20(4)29(21-11-9-8-10-12-21)16-15-27-25(31)18-30-23-17-22(36(33,34)28(6-2)7-3)13-14-24(23)35-19-26(30)32/h13-14,17,20-21H,5-12,15-16,18-19H2,1-4H3,(H,27,31)/t20-/m0/s1. The van der Waals surface area contributed by atoms with Crippen molar-refractivity contribution < 1.29 is 22.7 Å². The van der Waals surface area contributed by atoms with Crippen molar-refractivity contribution in [2.75, 3.05) is 44.2 Å². The van der Waals surface area contributed by atoms with Gasteiger partial charge < -0.3 is 10.1 Å². The van der Waals surface area contributed by atoms with E-state index in [-0.39, 0.29) is 29.9 Å². The van der Waals surface area contributed by atoms with Gasteiger partial charge in [-0.15, -0.1) is 0 Å². The van der Waals surface area contributed by atoms with E-state index < -0.39 is 10.0 Å². The van der Waals surface area contributed by atoms with E-state index in [9.17, 15) is 18.0 Å². The Balaban J connectivity index is 1.68. The molecule has 9 nitrogen and oxygen atoms in total. The summed E-state index contributed by atoms with van der Waals surface area (Å²) < 4.78 is 32.9. The molecular formula is C26H42N4O5S. The van der Waals surface area contributed by atoms with Crippen LogP contribution in [0, 0.1) is 0 Å². The lowest BCUT2D eigenvalue weighted by Gasteiger charge is -2.38. The van der Waals surface area contributed by atoms with Gasteiger partial charge in [0.2, 0.25) is 15.9 Å². The summed E-state index contributed by atoms with van der Waals surface area (Å²) in [4.78, 5) is 29.4. The van der Waals surface area contributed by atoms with Gasteiger partial charge in [-0.25, -0.2) is 8.42 Å². The third-order valence-electron chi connectivity index (χ3n) is 7.41. The number of hydrogen-bond acceptors (Lipinski definition) is 6. The Bertz CT molecular complexity index is 1010. The molecule has 202 valence electrons. The predicted molar refractivity (Wildman–Crippen MR) is 141 cm³/mol. The molecule has 0 aromatic heterocycles. The van der Waals surface area contributed by atoms with Crippen molar-refractivity contribution in [3.05, 3.63) is 18.2 Å². The highest BCUT2D eigenvalue weighted by molar-refractivity contribution is 7.89. The number of nitrogens with zero attached hydrogens (tertiary/aromatic N) is 3. The molecular weight excluding hydrogens is 480 g/mol. The molecule has 1 N–H and O–H groups in total. The van der Waals surface area contributed by atoms with Crippen molar-refractivity contribution in [1.82, 2.24) is 14.5 Å². The molecule has 1 heterocycles. The molecule has 0 spiro atoms. The highest BCUT2D eigenvalue weighted by Crippen LogP contribution is 2.35. The maximum absolute atomic E-state index is 13.0. The van der Waals surface area contributed by atoms with Gasteiger partial charge in [-0.2, -0.15) is 4.31 Å². The molecule has 1 aromatic carbocycles. The molecule has 1 aliphatic carbocycles. The van der Waals surface area contributed by atoms with Crippen LogP contribution in [-0.4, -0.2) is 80.9 Å². The number of hydrogen-bond donors (Lipinski definition) is 1. The second-order valence-electron chi connectivity index (χ2n) is 9.62. The van der Waals surface area contributed by atoms with E-state index in [0.29, 0.717) is 43.2 Å². The first-order chi connectivity index (χ1) is 17.2. The minimum absolute atomic E-state index is 0.0744. The van der Waals surface area contributed by atoms with Gasteiger partial charge in [0.25, 0.3) is 5.91 Å². The third kappa shape index (κ3) is 6.58. The summed E-state index contributed by atoms with van der Waals surface area (Å²) in [6, 6.07) is 5.47. The first kappa shape index (κ1) is 28.4. The summed E-state index contributed by atoms with van der Waals surface area (Å²) >= 11 is 0. The normalized spacial score (nSPS) is 17.7. The van der Waals surface area contributed by atoms with Crippen molar-refractivity contribution in [2.45, 2.75) is 83.2 Å². The summed E-state index contributed by atoms with van der Waals surface area (Å²) in [5, 5.41) is 2.97. The molecule has 3 rings (SSSR count). The number of nitrogens with one attached hydrogen (secondary N) is 1. The summed E-state index contributed by atoms with van der Waals surface area (Å²) in [6.45, 7) is 9.56. The van der Waals surface area contributed by atoms with Gasteiger partial charge >= 0.3 is 0 Å². The number of sulfonamides is 1. The van der Waals surface area contributed by atoms with Crippen LogP contribution < -0.4 is 15.0 Å². The summed E-state index contributed by atoms with van der Waals surface area (Å²) in [7, 11) is -3.72. The molecule has 1 fully saturated rings. The lowest BCUT2D eigenvalue weighted by Crippen LogP contribution is -2.49. The number of benzene rings is 1. The maximum Gasteiger partial charge on any atom is 0.265 e. The van der Waals surface area contributed by atoms with E-state index in [1.165, 1.54) is 53.4 Å². The molecule has 10 heteroatoms. The van der Waals surface area contributed by atoms with E-state index in [4.69, 9.17) is 4.74 Å². The number of carbonyl (C=O) groups excluding carboxylic acids is 2. The van der Waals surface area contributed by atoms with Crippen LogP contribution in [0.1, 0.15) is 66.2 Å². The van der Waals surface area contributed by atoms with Crippen LogP contribution in [0.2, 0.25) is 0 Å². The van der Waals surface area contributed by atoms with Crippen molar-refractivity contribution in [3.8, 4) is 5.75 Å². The monoisotopic (exact) mass is 522 g/mol. The fourth-order valence-electron chi connectivity index (χ4n) is 5.16. The molecule has 2 amide bonds. The predicted octanol–water partition coefficient (Wildman–Crippen LogP) is 2.99. The average Bonchev–Trinajstić information content (AvgIpc) is 2.88. The fraction of sp³-hybridized carbons (Fsp3) is 0.692. The second kappa shape index (κ2) is 12.9. The SMILES string of the molecule is CC[C@H](C)N(CCNC(=O)CN1C(=O)COc2ccc(S(=O)(=O)N(CC)CC)cc21)C1CCCCC1. The fourth-order valence-corrected chi connectivity index (χ4v) is 6.64. The Morgan fingerprint density at radius 3 is 2.50 bits per heavy atom. The molecule has 0 radical (unpaired) electrons. The first-order valence-corrected chi connectivity index (χ1v) is 14.8. The summed E-state index contributed by atoms with van der Waals surface area (Å²) in [5.41, 5.74) is 0.304. The van der Waals surface area contributed by atoms with Gasteiger partial charge in [-0.1, -0.05) is 40.0 Å². The van der Waals surface area contributed by atoms with Gasteiger partial charge in [0.05, 0.1) is 10.6 Å². The quantitative estimate of drug-likeness (QED) is 0.453. The van der Waals surface area contributed by atoms with Gasteiger partial charge in [-0.05, 0) is 44.4 Å². The van der Waals surface area contributed by atoms with Crippen LogP contribution >= 0.6 is 0 Å². The lowest BCUT2D eigenvalue weighted by atomic mass is 9.93. The Morgan fingerprint density at radius 1 is 1.17 bits per heavy atom. The number of ether oxygens (including phenoxy) is 1. The van der Waals surface area contributed by atoms with Crippen molar-refractivity contribution in [1.29, 1.82) is 0 Å². The van der Waals surface area contributed by atoms with Crippen molar-refractivity contribution in [2.24, 2.45) is 0 Å². The molecule has 0 unspecified atom stereocenters. The largest absolute Gasteiger partial charge is 0.482 e. The zero-order valence-electron chi connectivity index (χ0n) is 22.2. The maximum atomic E-state index is 13.0. The molecule has 0 saturated heterocycles. The Kier molecular flexibility index (Phi) is 10.2. The van der Waals surface area contributed by atoms with Crippen LogP contribution in [0.5, 0.6) is 5.75 Å². The lowest BCUT2D eigenvalue weighted by molar-refractivity contribution is -0.125. The van der Waals surface area contributed by atoms with E-state index >= 15 is 0 Å². The molecule has 1 saturated carbocycles. The van der Waals surface area contributed by atoms with Gasteiger partial charge in [0.1, 0.15) is 12.3 Å². The summed E-state index contributed by atoms with van der Waals surface area (Å²) in [6.07, 6.45) is 7.28. The smallest absolute Gasteiger partial charge is 0.265 e. The molecule has 1 aromatic rings. The number of fused-ring (bicyclic) bond motifs is 1. The average molecular weight is 523 g/mol. The first-order valence-electron chi connectivity index (χ1n) is 13.3. The molecule has 36 heavy (non-hydrogen) atoms. The molecule has 1 atom stereocenters. The molecule has 2 aliphatic rings. The number of amides is 2. The van der Waals surface area contributed by atoms with Crippen molar-refractivity contribution in [3.63, 3.8) is 0 Å². The van der Waals surface area contributed by atoms with Crippen LogP contribution in [0.15, 0.2) is 23.1 Å². The zero-order valence-corrected chi connectivity index (χ0v) is 23.0. The van der Waals surface area contributed by atoms with Gasteiger partial charge in [-0.3, -0.25) is 19.4 Å². The Hall–Kier alpha value is -2.17. The third-order valence-corrected chi connectivity index (χ3v) is 9.46. The van der Waals surface area contributed by atoms with Gasteiger partial charge in [0.15, 0.2) is 6.61 Å². The highest BCUT2D eigenvalue weighted by Gasteiger charge is 2.31. The summed E-state index contributed by atoms with van der Waals surface area (Å²) in [5.74, 6) is -0.263. The topological polar surface area (TPSA) is 99.3 Å². The second-order valence-corrected chi connectivity index (χ2v) is 11.6. The Labute approximate surface area is 216 Å². The Morgan fingerprint density at radius 2 is 1.86 bits per heavy atom. The van der Waals surface area contributed by atoms with Crippen LogP contribution in [0.3, 0.4) is 0 Å². The van der Waals surface area contributed by atoms with Crippen molar-refractivity contribution >= 4 is 27.5 Å². The number of anilines is 1.